The van der Waals surface area contributed by atoms with Gasteiger partial charge >= 0.3 is 0 Å². The van der Waals surface area contributed by atoms with Gasteiger partial charge in [0, 0.05) is 17.3 Å². The summed E-state index contributed by atoms with van der Waals surface area (Å²) in [6.45, 7) is 2.14. The molecule has 0 aliphatic carbocycles. The predicted octanol–water partition coefficient (Wildman–Crippen LogP) is 4.02. The van der Waals surface area contributed by atoms with Crippen LogP contribution in [-0.4, -0.2) is 21.7 Å². The number of benzene rings is 1. The average Bonchev–Trinajstić information content (AvgIpc) is 2.92. The van der Waals surface area contributed by atoms with Crippen molar-refractivity contribution in [3.8, 4) is 17.0 Å². The van der Waals surface area contributed by atoms with Crippen molar-refractivity contribution in [1.82, 2.24) is 14.6 Å². The van der Waals surface area contributed by atoms with Crippen molar-refractivity contribution in [2.75, 3.05) is 7.11 Å². The van der Waals surface area contributed by atoms with Gasteiger partial charge in [0.2, 0.25) is 0 Å². The largest absolute Gasteiger partial charge is 0.496 e. The minimum Gasteiger partial charge on any atom is -0.496 e. The molecule has 0 aliphatic heterocycles. The minimum atomic E-state index is 0.740. The molecule has 21 heavy (non-hydrogen) atoms. The van der Waals surface area contributed by atoms with Gasteiger partial charge in [0.25, 0.3) is 0 Å². The molecule has 0 saturated carbocycles. The number of rotatable bonds is 4. The van der Waals surface area contributed by atoms with Gasteiger partial charge in [-0.05, 0) is 24.6 Å². The monoisotopic (exact) mass is 299 g/mol. The van der Waals surface area contributed by atoms with Crippen molar-refractivity contribution in [2.45, 2.75) is 19.8 Å². The fourth-order valence-electron chi connectivity index (χ4n) is 2.43. The SMILES string of the molecule is CCCc1cc(=S)n2[nH]c(-c3ccccc3OC)cc2n1. The maximum Gasteiger partial charge on any atom is 0.155 e. The van der Waals surface area contributed by atoms with Crippen LogP contribution in [0.15, 0.2) is 36.4 Å². The van der Waals surface area contributed by atoms with E-state index in [0.717, 1.165) is 45.8 Å². The van der Waals surface area contributed by atoms with E-state index < -0.39 is 0 Å². The minimum absolute atomic E-state index is 0.740. The molecule has 0 spiro atoms. The van der Waals surface area contributed by atoms with Gasteiger partial charge in [0.15, 0.2) is 5.65 Å². The average molecular weight is 299 g/mol. The second-order valence-corrected chi connectivity index (χ2v) is 5.32. The number of hydrogen-bond donors (Lipinski definition) is 1. The summed E-state index contributed by atoms with van der Waals surface area (Å²) in [5.74, 6) is 0.823. The zero-order valence-corrected chi connectivity index (χ0v) is 12.9. The molecule has 5 heteroatoms. The molecule has 3 rings (SSSR count). The van der Waals surface area contributed by atoms with Crippen LogP contribution in [0.5, 0.6) is 5.75 Å². The molecule has 1 aromatic carbocycles. The number of fused-ring (bicyclic) bond motifs is 1. The van der Waals surface area contributed by atoms with Crippen LogP contribution in [0, 0.1) is 4.64 Å². The number of nitrogens with one attached hydrogen (secondary N) is 1. The first-order chi connectivity index (χ1) is 10.2. The summed E-state index contributed by atoms with van der Waals surface area (Å²) in [7, 11) is 1.67. The van der Waals surface area contributed by atoms with Crippen LogP contribution in [0.4, 0.5) is 0 Å². The molecule has 4 nitrogen and oxygen atoms in total. The highest BCUT2D eigenvalue weighted by Gasteiger charge is 2.10. The van der Waals surface area contributed by atoms with Gasteiger partial charge in [-0.3, -0.25) is 5.10 Å². The number of aryl methyl sites for hydroxylation is 1. The van der Waals surface area contributed by atoms with Crippen molar-refractivity contribution in [1.29, 1.82) is 0 Å². The maximum absolute atomic E-state index is 5.44. The molecule has 0 atom stereocenters. The van der Waals surface area contributed by atoms with Crippen molar-refractivity contribution < 1.29 is 4.74 Å². The summed E-state index contributed by atoms with van der Waals surface area (Å²) in [6, 6.07) is 11.9. The molecule has 108 valence electrons. The van der Waals surface area contributed by atoms with Gasteiger partial charge in [0.1, 0.15) is 10.4 Å². The van der Waals surface area contributed by atoms with Crippen LogP contribution < -0.4 is 4.74 Å². The van der Waals surface area contributed by atoms with E-state index in [-0.39, 0.29) is 0 Å². The van der Waals surface area contributed by atoms with Gasteiger partial charge in [-0.1, -0.05) is 37.7 Å². The third-order valence-corrected chi connectivity index (χ3v) is 3.71. The zero-order valence-electron chi connectivity index (χ0n) is 12.1. The van der Waals surface area contributed by atoms with Gasteiger partial charge in [0.05, 0.1) is 12.8 Å². The van der Waals surface area contributed by atoms with E-state index in [9.17, 15) is 0 Å². The maximum atomic E-state index is 5.44. The van der Waals surface area contributed by atoms with Crippen LogP contribution >= 0.6 is 12.2 Å². The highest BCUT2D eigenvalue weighted by Crippen LogP contribution is 2.29. The number of hydrogen-bond acceptors (Lipinski definition) is 3. The van der Waals surface area contributed by atoms with Crippen LogP contribution in [0.1, 0.15) is 19.0 Å². The fraction of sp³-hybridized carbons (Fsp3) is 0.250. The first-order valence-corrected chi connectivity index (χ1v) is 7.39. The number of H-pyrrole nitrogens is 1. The van der Waals surface area contributed by atoms with Crippen LogP contribution in [0.25, 0.3) is 16.9 Å². The molecule has 2 heterocycles. The molecule has 0 radical (unpaired) electrons. The predicted molar refractivity (Wildman–Crippen MR) is 86.4 cm³/mol. The van der Waals surface area contributed by atoms with Gasteiger partial charge in [-0.25, -0.2) is 9.50 Å². The Morgan fingerprint density at radius 3 is 2.86 bits per heavy atom. The number of aromatic nitrogens is 3. The Morgan fingerprint density at radius 1 is 1.29 bits per heavy atom. The molecule has 1 N–H and O–H groups in total. The third-order valence-electron chi connectivity index (χ3n) is 3.41. The highest BCUT2D eigenvalue weighted by atomic mass is 32.1. The van der Waals surface area contributed by atoms with Crippen molar-refractivity contribution in [3.63, 3.8) is 0 Å². The summed E-state index contributed by atoms with van der Waals surface area (Å²) >= 11 is 5.44. The summed E-state index contributed by atoms with van der Waals surface area (Å²) in [5, 5.41) is 3.29. The molecule has 0 amide bonds. The summed E-state index contributed by atoms with van der Waals surface area (Å²) in [5.41, 5.74) is 3.82. The molecular weight excluding hydrogens is 282 g/mol. The molecule has 0 saturated heterocycles. The molecule has 2 aromatic heterocycles. The third kappa shape index (κ3) is 2.56. The Bertz CT molecular complexity index is 835. The Morgan fingerprint density at radius 2 is 2.10 bits per heavy atom. The van der Waals surface area contributed by atoms with Gasteiger partial charge in [-0.2, -0.15) is 0 Å². The standard InChI is InChI=1S/C16H17N3OS/c1-3-6-11-9-16(21)19-15(17-11)10-13(18-19)12-7-4-5-8-14(12)20-2/h4-5,7-10,18H,3,6H2,1-2H3. The van der Waals surface area contributed by atoms with E-state index in [4.69, 9.17) is 17.0 Å². The number of aromatic amines is 1. The second-order valence-electron chi connectivity index (χ2n) is 4.90. The lowest BCUT2D eigenvalue weighted by atomic mass is 10.1. The van der Waals surface area contributed by atoms with Crippen LogP contribution in [0.2, 0.25) is 0 Å². The quantitative estimate of drug-likeness (QED) is 0.740. The van der Waals surface area contributed by atoms with Crippen LogP contribution in [0.3, 0.4) is 0 Å². The van der Waals surface area contributed by atoms with Gasteiger partial charge in [-0.15, -0.1) is 0 Å². The molecule has 0 unspecified atom stereocenters. The van der Waals surface area contributed by atoms with E-state index in [0.29, 0.717) is 0 Å². The second kappa shape index (κ2) is 5.69. The zero-order chi connectivity index (χ0) is 14.8. The highest BCUT2D eigenvalue weighted by molar-refractivity contribution is 7.71. The fourth-order valence-corrected chi connectivity index (χ4v) is 2.70. The molecule has 0 bridgehead atoms. The Balaban J connectivity index is 2.17. The first kappa shape index (κ1) is 13.8. The number of para-hydroxylation sites is 1. The lowest BCUT2D eigenvalue weighted by Gasteiger charge is -2.05. The van der Waals surface area contributed by atoms with E-state index in [1.165, 1.54) is 0 Å². The molecule has 3 aromatic rings. The number of nitrogens with zero attached hydrogens (tertiary/aromatic N) is 2. The van der Waals surface area contributed by atoms with Crippen molar-refractivity contribution >= 4 is 17.9 Å². The van der Waals surface area contributed by atoms with Gasteiger partial charge < -0.3 is 4.74 Å². The normalized spacial score (nSPS) is 11.0. The van der Waals surface area contributed by atoms with E-state index >= 15 is 0 Å². The topological polar surface area (TPSA) is 42.3 Å². The van der Waals surface area contributed by atoms with E-state index in [1.807, 2.05) is 40.9 Å². The lowest BCUT2D eigenvalue weighted by Crippen LogP contribution is -1.97. The number of ether oxygens (including phenoxy) is 1. The Labute approximate surface area is 128 Å². The van der Waals surface area contributed by atoms with Crippen molar-refractivity contribution in [3.05, 3.63) is 46.7 Å². The number of methoxy groups -OCH3 is 1. The van der Waals surface area contributed by atoms with Crippen LogP contribution in [-0.2, 0) is 6.42 Å². The summed E-state index contributed by atoms with van der Waals surface area (Å²) in [6.07, 6.45) is 2.00. The Kier molecular flexibility index (Phi) is 3.75. The van der Waals surface area contributed by atoms with Crippen molar-refractivity contribution in [2.24, 2.45) is 0 Å². The van der Waals surface area contributed by atoms with E-state index in [2.05, 4.69) is 17.0 Å². The summed E-state index contributed by atoms with van der Waals surface area (Å²) < 4.78 is 7.98. The van der Waals surface area contributed by atoms with E-state index in [1.54, 1.807) is 7.11 Å². The molecular formula is C16H17N3OS. The summed E-state index contributed by atoms with van der Waals surface area (Å²) in [4.78, 5) is 4.65. The smallest absolute Gasteiger partial charge is 0.155 e. The Hall–Kier alpha value is -2.14. The first-order valence-electron chi connectivity index (χ1n) is 6.98. The molecule has 0 aliphatic rings. The lowest BCUT2D eigenvalue weighted by molar-refractivity contribution is 0.416. The molecule has 0 fully saturated rings.